The predicted molar refractivity (Wildman–Crippen MR) is 93.8 cm³/mol. The van der Waals surface area contributed by atoms with Gasteiger partial charge >= 0.3 is 6.09 Å². The zero-order chi connectivity index (χ0) is 17.4. The minimum atomic E-state index is -1.10. The van der Waals surface area contributed by atoms with Crippen molar-refractivity contribution in [3.63, 3.8) is 0 Å². The van der Waals surface area contributed by atoms with E-state index in [1.165, 1.54) is 0 Å². The molecule has 0 saturated heterocycles. The summed E-state index contributed by atoms with van der Waals surface area (Å²) in [6.07, 6.45) is -0.546. The molecule has 2 rings (SSSR count). The molecule has 3 unspecified atom stereocenters. The summed E-state index contributed by atoms with van der Waals surface area (Å²) < 4.78 is 0. The summed E-state index contributed by atoms with van der Waals surface area (Å²) in [6.45, 7) is 0. The van der Waals surface area contributed by atoms with Crippen molar-refractivity contribution >= 4 is 6.09 Å². The number of benzene rings is 2. The third kappa shape index (κ3) is 6.02. The van der Waals surface area contributed by atoms with Gasteiger partial charge in [-0.25, -0.2) is 4.79 Å². The second-order valence-corrected chi connectivity index (χ2v) is 5.99. The van der Waals surface area contributed by atoms with E-state index in [2.05, 4.69) is 5.32 Å². The zero-order valence-electron chi connectivity index (χ0n) is 13.5. The summed E-state index contributed by atoms with van der Waals surface area (Å²) in [5.74, 6) is 0. The number of aliphatic hydroxyl groups is 1. The SMILES string of the molecule is NC(Cc1ccccc1)C(O)CC(Cc1ccccc1)NC(=O)O. The summed E-state index contributed by atoms with van der Waals surface area (Å²) in [6, 6.07) is 18.5. The Hall–Kier alpha value is -2.37. The Labute approximate surface area is 142 Å². The van der Waals surface area contributed by atoms with Crippen molar-refractivity contribution < 1.29 is 15.0 Å². The van der Waals surface area contributed by atoms with Crippen LogP contribution in [-0.2, 0) is 12.8 Å². The van der Waals surface area contributed by atoms with E-state index >= 15 is 0 Å². The van der Waals surface area contributed by atoms with Crippen LogP contribution in [-0.4, -0.2) is 34.5 Å². The van der Waals surface area contributed by atoms with Gasteiger partial charge in [-0.2, -0.15) is 0 Å². The van der Waals surface area contributed by atoms with Gasteiger partial charge in [0.05, 0.1) is 6.10 Å². The van der Waals surface area contributed by atoms with E-state index in [0.29, 0.717) is 12.8 Å². The van der Waals surface area contributed by atoms with Gasteiger partial charge in [0.25, 0.3) is 0 Å². The van der Waals surface area contributed by atoms with Gasteiger partial charge in [-0.3, -0.25) is 0 Å². The van der Waals surface area contributed by atoms with Gasteiger partial charge < -0.3 is 21.3 Å². The van der Waals surface area contributed by atoms with Gasteiger partial charge in [0, 0.05) is 12.1 Å². The fraction of sp³-hybridized carbons (Fsp3) is 0.316. The molecule has 0 aliphatic heterocycles. The van der Waals surface area contributed by atoms with Gasteiger partial charge in [0.1, 0.15) is 0 Å². The molecule has 1 amide bonds. The van der Waals surface area contributed by atoms with E-state index in [0.717, 1.165) is 11.1 Å². The largest absolute Gasteiger partial charge is 0.465 e. The molecule has 0 bridgehead atoms. The molecule has 5 heteroatoms. The van der Waals surface area contributed by atoms with Crippen LogP contribution in [0.1, 0.15) is 17.5 Å². The summed E-state index contributed by atoms with van der Waals surface area (Å²) in [5, 5.41) is 21.9. The number of hydrogen-bond donors (Lipinski definition) is 4. The number of hydrogen-bond acceptors (Lipinski definition) is 3. The molecule has 0 heterocycles. The molecule has 0 aromatic heterocycles. The lowest BCUT2D eigenvalue weighted by molar-refractivity contribution is 0.119. The van der Waals surface area contributed by atoms with E-state index in [1.807, 2.05) is 60.7 Å². The average Bonchev–Trinajstić information content (AvgIpc) is 2.56. The van der Waals surface area contributed by atoms with Crippen molar-refractivity contribution in [2.45, 2.75) is 37.5 Å². The highest BCUT2D eigenvalue weighted by atomic mass is 16.4. The molecular weight excluding hydrogens is 304 g/mol. The molecule has 3 atom stereocenters. The van der Waals surface area contributed by atoms with Crippen LogP contribution in [0, 0.1) is 0 Å². The third-order valence-electron chi connectivity index (χ3n) is 3.99. The number of rotatable bonds is 8. The average molecular weight is 328 g/mol. The van der Waals surface area contributed by atoms with Crippen LogP contribution in [0.15, 0.2) is 60.7 Å². The van der Waals surface area contributed by atoms with E-state index in [4.69, 9.17) is 10.8 Å². The van der Waals surface area contributed by atoms with Gasteiger partial charge in [0.2, 0.25) is 0 Å². The molecule has 128 valence electrons. The molecule has 5 N–H and O–H groups in total. The number of aliphatic hydroxyl groups excluding tert-OH is 1. The maximum atomic E-state index is 11.0. The first-order valence-corrected chi connectivity index (χ1v) is 8.05. The Morgan fingerprint density at radius 3 is 1.96 bits per heavy atom. The zero-order valence-corrected chi connectivity index (χ0v) is 13.5. The summed E-state index contributed by atoms with van der Waals surface area (Å²) in [4.78, 5) is 11.0. The van der Waals surface area contributed by atoms with E-state index < -0.39 is 18.2 Å². The summed E-state index contributed by atoms with van der Waals surface area (Å²) >= 11 is 0. The van der Waals surface area contributed by atoms with Crippen molar-refractivity contribution in [2.24, 2.45) is 5.73 Å². The smallest absolute Gasteiger partial charge is 0.404 e. The lowest BCUT2D eigenvalue weighted by Gasteiger charge is -2.24. The van der Waals surface area contributed by atoms with Gasteiger partial charge in [-0.05, 0) is 30.4 Å². The second-order valence-electron chi connectivity index (χ2n) is 5.99. The van der Waals surface area contributed by atoms with Crippen molar-refractivity contribution in [3.05, 3.63) is 71.8 Å². The first-order chi connectivity index (χ1) is 11.5. The second kappa shape index (κ2) is 9.05. The lowest BCUT2D eigenvalue weighted by atomic mass is 9.94. The molecule has 2 aromatic carbocycles. The monoisotopic (exact) mass is 328 g/mol. The molecule has 0 radical (unpaired) electrons. The highest BCUT2D eigenvalue weighted by Crippen LogP contribution is 2.12. The first-order valence-electron chi connectivity index (χ1n) is 8.05. The molecule has 5 nitrogen and oxygen atoms in total. The van der Waals surface area contributed by atoms with Gasteiger partial charge in [-0.1, -0.05) is 60.7 Å². The standard InChI is InChI=1S/C19H24N2O3/c20-17(12-15-9-5-2-6-10-15)18(22)13-16(21-19(23)24)11-14-7-3-1-4-8-14/h1-10,16-18,21-22H,11-13,20H2,(H,23,24). The van der Waals surface area contributed by atoms with Crippen LogP contribution < -0.4 is 11.1 Å². The van der Waals surface area contributed by atoms with E-state index in [-0.39, 0.29) is 12.5 Å². The van der Waals surface area contributed by atoms with Crippen LogP contribution in [0.4, 0.5) is 4.79 Å². The van der Waals surface area contributed by atoms with Crippen LogP contribution in [0.25, 0.3) is 0 Å². The first kappa shape index (κ1) is 18.0. The lowest BCUT2D eigenvalue weighted by Crippen LogP contribution is -2.44. The summed E-state index contributed by atoms with van der Waals surface area (Å²) in [5.41, 5.74) is 8.16. The van der Waals surface area contributed by atoms with Crippen LogP contribution >= 0.6 is 0 Å². The molecule has 0 aliphatic carbocycles. The predicted octanol–water partition coefficient (Wildman–Crippen LogP) is 2.19. The molecule has 0 spiro atoms. The Balaban J connectivity index is 1.95. The van der Waals surface area contributed by atoms with Gasteiger partial charge in [0.15, 0.2) is 0 Å². The van der Waals surface area contributed by atoms with Crippen molar-refractivity contribution in [1.82, 2.24) is 5.32 Å². The highest BCUT2D eigenvalue weighted by Gasteiger charge is 2.22. The van der Waals surface area contributed by atoms with Crippen molar-refractivity contribution in [3.8, 4) is 0 Å². The minimum absolute atomic E-state index is 0.273. The van der Waals surface area contributed by atoms with E-state index in [9.17, 15) is 9.90 Å². The number of carboxylic acid groups (broad SMARTS) is 1. The van der Waals surface area contributed by atoms with Gasteiger partial charge in [-0.15, -0.1) is 0 Å². The highest BCUT2D eigenvalue weighted by molar-refractivity contribution is 5.64. The third-order valence-corrected chi connectivity index (χ3v) is 3.99. The maximum absolute atomic E-state index is 11.0. The number of carbonyl (C=O) groups is 1. The van der Waals surface area contributed by atoms with E-state index in [1.54, 1.807) is 0 Å². The molecule has 0 fully saturated rings. The molecule has 0 saturated carbocycles. The minimum Gasteiger partial charge on any atom is -0.465 e. The molecule has 24 heavy (non-hydrogen) atoms. The Bertz CT molecular complexity index is 619. The number of nitrogens with one attached hydrogen (secondary N) is 1. The van der Waals surface area contributed by atoms with Crippen molar-refractivity contribution in [2.75, 3.05) is 0 Å². The maximum Gasteiger partial charge on any atom is 0.404 e. The Morgan fingerprint density at radius 2 is 1.46 bits per heavy atom. The molecular formula is C19H24N2O3. The summed E-state index contributed by atoms with van der Waals surface area (Å²) in [7, 11) is 0. The molecule has 2 aromatic rings. The Kier molecular flexibility index (Phi) is 6.78. The Morgan fingerprint density at radius 1 is 0.958 bits per heavy atom. The van der Waals surface area contributed by atoms with Crippen LogP contribution in [0.5, 0.6) is 0 Å². The molecule has 0 aliphatic rings. The van der Waals surface area contributed by atoms with Crippen molar-refractivity contribution in [1.29, 1.82) is 0 Å². The topological polar surface area (TPSA) is 95.6 Å². The van der Waals surface area contributed by atoms with Crippen LogP contribution in [0.2, 0.25) is 0 Å². The normalized spacial score (nSPS) is 14.6. The quantitative estimate of drug-likeness (QED) is 0.597. The fourth-order valence-corrected chi connectivity index (χ4v) is 2.76. The number of amides is 1. The van der Waals surface area contributed by atoms with Crippen LogP contribution in [0.3, 0.4) is 0 Å². The fourth-order valence-electron chi connectivity index (χ4n) is 2.76. The number of nitrogens with two attached hydrogens (primary N) is 1.